The number of carbonyl (C=O) groups is 1. The van der Waals surface area contributed by atoms with E-state index in [0.717, 1.165) is 0 Å². The zero-order chi connectivity index (χ0) is 14.3. The van der Waals surface area contributed by atoms with Crippen molar-refractivity contribution in [1.29, 1.82) is 0 Å². The highest BCUT2D eigenvalue weighted by Gasteiger charge is 2.23. The minimum absolute atomic E-state index is 0.123. The Morgan fingerprint density at radius 3 is 2.75 bits per heavy atom. The molecule has 0 bridgehead atoms. The van der Waals surface area contributed by atoms with Crippen molar-refractivity contribution in [3.05, 3.63) is 40.2 Å². The summed E-state index contributed by atoms with van der Waals surface area (Å²) in [7, 11) is 1.53. The number of fused-ring (bicyclic) bond motifs is 1. The Hall–Kier alpha value is -1.98. The van der Waals surface area contributed by atoms with Crippen LogP contribution in [0.1, 0.15) is 10.4 Å². The lowest BCUT2D eigenvalue weighted by molar-refractivity contribution is 0.0699. The van der Waals surface area contributed by atoms with E-state index in [1.54, 1.807) is 30.3 Å². The van der Waals surface area contributed by atoms with E-state index in [0.29, 0.717) is 31.7 Å². The van der Waals surface area contributed by atoms with Crippen molar-refractivity contribution in [2.24, 2.45) is 0 Å². The van der Waals surface area contributed by atoms with Crippen molar-refractivity contribution in [3.8, 4) is 16.4 Å². The number of furan rings is 1. The van der Waals surface area contributed by atoms with E-state index < -0.39 is 5.97 Å². The molecular weight excluding hydrogens is 300 g/mol. The molecule has 0 aliphatic rings. The quantitative estimate of drug-likeness (QED) is 0.772. The zero-order valence-corrected chi connectivity index (χ0v) is 11.9. The number of methoxy groups -OCH3 is 1. The molecule has 0 saturated heterocycles. The first-order valence-electron chi connectivity index (χ1n) is 5.69. The number of hydrogen-bond donors (Lipinski definition) is 1. The van der Waals surface area contributed by atoms with Gasteiger partial charge in [-0.1, -0.05) is 11.6 Å². The van der Waals surface area contributed by atoms with Gasteiger partial charge in [0.15, 0.2) is 5.76 Å². The molecule has 0 spiro atoms. The van der Waals surface area contributed by atoms with Crippen LogP contribution >= 0.6 is 22.9 Å². The van der Waals surface area contributed by atoms with Gasteiger partial charge in [0.05, 0.1) is 16.3 Å². The summed E-state index contributed by atoms with van der Waals surface area (Å²) in [6, 6.07) is 8.53. The largest absolute Gasteiger partial charge is 0.497 e. The van der Waals surface area contributed by atoms with Crippen LogP contribution in [-0.2, 0) is 0 Å². The van der Waals surface area contributed by atoms with Gasteiger partial charge in [0, 0.05) is 5.39 Å². The summed E-state index contributed by atoms with van der Waals surface area (Å²) >= 11 is 7.17. The first-order chi connectivity index (χ1) is 9.60. The maximum atomic E-state index is 11.5. The summed E-state index contributed by atoms with van der Waals surface area (Å²) in [6.45, 7) is 0. The van der Waals surface area contributed by atoms with Crippen molar-refractivity contribution in [2.75, 3.05) is 7.11 Å². The van der Waals surface area contributed by atoms with Gasteiger partial charge in [0.1, 0.15) is 16.9 Å². The van der Waals surface area contributed by atoms with E-state index in [4.69, 9.17) is 20.8 Å². The molecule has 1 aromatic carbocycles. The molecule has 0 saturated carbocycles. The number of rotatable bonds is 3. The molecule has 0 amide bonds. The fourth-order valence-corrected chi connectivity index (χ4v) is 3.06. The van der Waals surface area contributed by atoms with Gasteiger partial charge in [-0.2, -0.15) is 0 Å². The van der Waals surface area contributed by atoms with Gasteiger partial charge >= 0.3 is 5.97 Å². The van der Waals surface area contributed by atoms with Crippen LogP contribution in [0.4, 0.5) is 0 Å². The number of hydrogen-bond acceptors (Lipinski definition) is 4. The minimum Gasteiger partial charge on any atom is -0.497 e. The van der Waals surface area contributed by atoms with E-state index in [1.165, 1.54) is 18.4 Å². The van der Waals surface area contributed by atoms with Crippen LogP contribution in [0, 0.1) is 0 Å². The van der Waals surface area contributed by atoms with Gasteiger partial charge < -0.3 is 14.3 Å². The maximum Gasteiger partial charge on any atom is 0.340 e. The lowest BCUT2D eigenvalue weighted by Gasteiger charge is -1.98. The number of benzene rings is 1. The lowest BCUT2D eigenvalue weighted by atomic mass is 10.1. The number of thiophene rings is 1. The Morgan fingerprint density at radius 1 is 1.35 bits per heavy atom. The van der Waals surface area contributed by atoms with Crippen molar-refractivity contribution >= 4 is 39.9 Å². The second-order valence-electron chi connectivity index (χ2n) is 4.08. The molecule has 0 fully saturated rings. The standard InChI is InChI=1S/C14H9ClO4S/c1-18-7-2-3-9-8(6-7)12(14(16)17)13(19-9)10-4-5-11(15)20-10/h2-6H,1H3,(H,16,17). The van der Waals surface area contributed by atoms with Crippen LogP contribution < -0.4 is 4.74 Å². The number of ether oxygens (including phenoxy) is 1. The van der Waals surface area contributed by atoms with Gasteiger partial charge in [-0.05, 0) is 30.3 Å². The minimum atomic E-state index is -1.04. The Bertz CT molecular complexity index is 803. The number of carboxylic acid groups (broad SMARTS) is 1. The van der Waals surface area contributed by atoms with Crippen LogP contribution in [0.2, 0.25) is 4.34 Å². The lowest BCUT2D eigenvalue weighted by Crippen LogP contribution is -1.96. The molecule has 4 nitrogen and oxygen atoms in total. The predicted octanol–water partition coefficient (Wildman–Crippen LogP) is 4.52. The normalized spacial score (nSPS) is 10.9. The number of carboxylic acids is 1. The SMILES string of the molecule is COc1ccc2oc(-c3ccc(Cl)s3)c(C(=O)O)c2c1. The maximum absolute atomic E-state index is 11.5. The zero-order valence-electron chi connectivity index (χ0n) is 10.3. The summed E-state index contributed by atoms with van der Waals surface area (Å²) in [5.41, 5.74) is 0.625. The van der Waals surface area contributed by atoms with Crippen LogP contribution in [0.5, 0.6) is 5.75 Å². The van der Waals surface area contributed by atoms with Crippen molar-refractivity contribution in [3.63, 3.8) is 0 Å². The Labute approximate surface area is 123 Å². The summed E-state index contributed by atoms with van der Waals surface area (Å²) < 4.78 is 11.4. The van der Waals surface area contributed by atoms with E-state index in [2.05, 4.69) is 0 Å². The molecule has 20 heavy (non-hydrogen) atoms. The molecule has 1 N–H and O–H groups in total. The Morgan fingerprint density at radius 2 is 2.15 bits per heavy atom. The third-order valence-corrected chi connectivity index (χ3v) is 4.14. The molecule has 0 radical (unpaired) electrons. The first-order valence-corrected chi connectivity index (χ1v) is 6.89. The molecule has 0 aliphatic heterocycles. The van der Waals surface area contributed by atoms with Gasteiger partial charge in [0.25, 0.3) is 0 Å². The van der Waals surface area contributed by atoms with E-state index in [-0.39, 0.29) is 5.56 Å². The topological polar surface area (TPSA) is 59.7 Å². The fraction of sp³-hybridized carbons (Fsp3) is 0.0714. The summed E-state index contributed by atoms with van der Waals surface area (Å²) in [4.78, 5) is 12.2. The smallest absolute Gasteiger partial charge is 0.340 e. The van der Waals surface area contributed by atoms with Gasteiger partial charge in [-0.25, -0.2) is 4.79 Å². The number of aromatic carboxylic acids is 1. The highest BCUT2D eigenvalue weighted by atomic mass is 35.5. The van der Waals surface area contributed by atoms with E-state index in [9.17, 15) is 9.90 Å². The van der Waals surface area contributed by atoms with Crippen LogP contribution in [-0.4, -0.2) is 18.2 Å². The fourth-order valence-electron chi connectivity index (χ4n) is 2.03. The third-order valence-electron chi connectivity index (χ3n) is 2.91. The van der Waals surface area contributed by atoms with E-state index >= 15 is 0 Å². The average molecular weight is 309 g/mol. The van der Waals surface area contributed by atoms with Crippen LogP contribution in [0.3, 0.4) is 0 Å². The average Bonchev–Trinajstić information content (AvgIpc) is 3.00. The second kappa shape index (κ2) is 4.85. The van der Waals surface area contributed by atoms with Gasteiger partial charge in [0.2, 0.25) is 0 Å². The van der Waals surface area contributed by atoms with Crippen LogP contribution in [0.15, 0.2) is 34.7 Å². The Balaban J connectivity index is 2.31. The molecule has 2 aromatic heterocycles. The monoisotopic (exact) mass is 308 g/mol. The molecule has 102 valence electrons. The highest BCUT2D eigenvalue weighted by molar-refractivity contribution is 7.19. The van der Waals surface area contributed by atoms with Gasteiger partial charge in [-0.15, -0.1) is 11.3 Å². The second-order valence-corrected chi connectivity index (χ2v) is 5.79. The first kappa shape index (κ1) is 13.0. The van der Waals surface area contributed by atoms with Gasteiger partial charge in [-0.3, -0.25) is 0 Å². The van der Waals surface area contributed by atoms with Crippen molar-refractivity contribution in [2.45, 2.75) is 0 Å². The number of halogens is 1. The third kappa shape index (κ3) is 2.05. The van der Waals surface area contributed by atoms with E-state index in [1.807, 2.05) is 0 Å². The summed E-state index contributed by atoms with van der Waals surface area (Å²) in [6.07, 6.45) is 0. The molecule has 6 heteroatoms. The molecular formula is C14H9ClO4S. The van der Waals surface area contributed by atoms with Crippen LogP contribution in [0.25, 0.3) is 21.6 Å². The molecule has 3 rings (SSSR count). The summed E-state index contributed by atoms with van der Waals surface area (Å²) in [5.74, 6) is -0.147. The molecule has 3 aromatic rings. The summed E-state index contributed by atoms with van der Waals surface area (Å²) in [5, 5.41) is 9.97. The molecule has 2 heterocycles. The molecule has 0 unspecified atom stereocenters. The Kier molecular flexibility index (Phi) is 3.16. The molecule has 0 aliphatic carbocycles. The highest BCUT2D eigenvalue weighted by Crippen LogP contribution is 2.39. The predicted molar refractivity (Wildman–Crippen MR) is 78.0 cm³/mol. The van der Waals surface area contributed by atoms with Crippen molar-refractivity contribution < 1.29 is 19.1 Å². The van der Waals surface area contributed by atoms with Crippen molar-refractivity contribution in [1.82, 2.24) is 0 Å². The molecule has 0 atom stereocenters.